The molecule has 4 nitrogen and oxygen atoms in total. The van der Waals surface area contributed by atoms with Gasteiger partial charge < -0.3 is 15.2 Å². The van der Waals surface area contributed by atoms with Crippen LogP contribution in [0.1, 0.15) is 44.6 Å². The third-order valence-electron chi connectivity index (χ3n) is 3.03. The van der Waals surface area contributed by atoms with Gasteiger partial charge >= 0.3 is 0 Å². The normalized spacial score (nSPS) is 16.5. The number of rotatable bonds is 3. The summed E-state index contributed by atoms with van der Waals surface area (Å²) in [6, 6.07) is 3.42. The van der Waals surface area contributed by atoms with Gasteiger partial charge in [-0.2, -0.15) is 0 Å². The molecule has 1 aromatic heterocycles. The van der Waals surface area contributed by atoms with Gasteiger partial charge in [0.05, 0.1) is 0 Å². The minimum Gasteiger partial charge on any atom is -0.508 e. The fraction of sp³-hybridized carbons (Fsp3) is 0.500. The number of carbonyl (C=O) groups is 1. The van der Waals surface area contributed by atoms with Crippen LogP contribution in [-0.4, -0.2) is 23.4 Å². The molecule has 110 valence electrons. The molecule has 1 aromatic rings. The maximum Gasteiger partial charge on any atom is 0.126 e. The lowest BCUT2D eigenvalue weighted by Crippen LogP contribution is -1.92. The van der Waals surface area contributed by atoms with Crippen LogP contribution in [0.5, 0.6) is 0 Å². The third kappa shape index (κ3) is 6.92. The van der Waals surface area contributed by atoms with Crippen LogP contribution < -0.4 is 5.32 Å². The van der Waals surface area contributed by atoms with Gasteiger partial charge in [0.2, 0.25) is 0 Å². The van der Waals surface area contributed by atoms with Gasteiger partial charge in [0.15, 0.2) is 0 Å². The van der Waals surface area contributed by atoms with Crippen molar-refractivity contribution in [2.75, 3.05) is 12.4 Å². The lowest BCUT2D eigenvalue weighted by molar-refractivity contribution is -0.111. The van der Waals surface area contributed by atoms with E-state index in [2.05, 4.69) is 16.9 Å². The van der Waals surface area contributed by atoms with Crippen molar-refractivity contribution in [3.8, 4) is 0 Å². The third-order valence-corrected chi connectivity index (χ3v) is 3.03. The Balaban J connectivity index is 0.000000183. The van der Waals surface area contributed by atoms with E-state index in [0.29, 0.717) is 5.56 Å². The number of nitrogens with zero attached hydrogens (tertiary/aromatic N) is 1. The zero-order valence-corrected chi connectivity index (χ0v) is 12.4. The molecule has 2 saturated carbocycles. The molecule has 2 N–H and O–H groups in total. The van der Waals surface area contributed by atoms with Crippen molar-refractivity contribution in [2.24, 2.45) is 5.41 Å². The molecule has 0 radical (unpaired) electrons. The first-order chi connectivity index (χ1) is 9.50. The average molecular weight is 276 g/mol. The maximum atomic E-state index is 9.89. The first-order valence-corrected chi connectivity index (χ1v) is 6.99. The Kier molecular flexibility index (Phi) is 6.22. The fourth-order valence-electron chi connectivity index (χ4n) is 1.06. The van der Waals surface area contributed by atoms with Gasteiger partial charge in [0.1, 0.15) is 17.9 Å². The molecule has 4 heteroatoms. The Labute approximate surface area is 120 Å². The fourth-order valence-corrected chi connectivity index (χ4v) is 1.06. The molecule has 2 fully saturated rings. The van der Waals surface area contributed by atoms with E-state index in [1.54, 1.807) is 25.4 Å². The summed E-state index contributed by atoms with van der Waals surface area (Å²) in [7, 11) is 1.77. The van der Waals surface area contributed by atoms with Crippen LogP contribution in [0.25, 0.3) is 5.76 Å². The van der Waals surface area contributed by atoms with Crippen molar-refractivity contribution in [1.29, 1.82) is 0 Å². The summed E-state index contributed by atoms with van der Waals surface area (Å²) < 4.78 is 0. The Hall–Kier alpha value is -1.84. The monoisotopic (exact) mass is 276 g/mol. The summed E-state index contributed by atoms with van der Waals surface area (Å²) in [5.74, 6) is 0.779. The number of nitrogens with one attached hydrogen (secondary N) is 1. The molecule has 20 heavy (non-hydrogen) atoms. The van der Waals surface area contributed by atoms with Crippen molar-refractivity contribution in [3.63, 3.8) is 0 Å². The van der Waals surface area contributed by atoms with Gasteiger partial charge in [-0.05, 0) is 25.0 Å². The van der Waals surface area contributed by atoms with Crippen LogP contribution in [0.2, 0.25) is 0 Å². The van der Waals surface area contributed by atoms with E-state index >= 15 is 0 Å². The molecule has 0 saturated heterocycles. The molecule has 0 aromatic carbocycles. The Bertz CT molecular complexity index is 449. The molecule has 3 rings (SSSR count). The lowest BCUT2D eigenvalue weighted by atomic mass is 10.2. The van der Waals surface area contributed by atoms with Crippen LogP contribution in [0.4, 0.5) is 5.82 Å². The number of carbonyl (C=O) groups excluding carboxylic acids is 1. The Morgan fingerprint density at radius 1 is 1.45 bits per heavy atom. The van der Waals surface area contributed by atoms with E-state index in [9.17, 15) is 4.79 Å². The van der Waals surface area contributed by atoms with Crippen molar-refractivity contribution in [1.82, 2.24) is 4.98 Å². The number of pyridine rings is 1. The second-order valence-electron chi connectivity index (χ2n) is 5.46. The predicted molar refractivity (Wildman–Crippen MR) is 82.7 cm³/mol. The van der Waals surface area contributed by atoms with E-state index in [4.69, 9.17) is 5.11 Å². The topological polar surface area (TPSA) is 62.2 Å². The first kappa shape index (κ1) is 16.2. The van der Waals surface area contributed by atoms with Gasteiger partial charge in [-0.25, -0.2) is 4.98 Å². The van der Waals surface area contributed by atoms with Gasteiger partial charge in [-0.15, -0.1) is 0 Å². The molecule has 2 aliphatic carbocycles. The van der Waals surface area contributed by atoms with Gasteiger partial charge in [0.25, 0.3) is 0 Å². The highest BCUT2D eigenvalue weighted by atomic mass is 16.3. The zero-order chi connectivity index (χ0) is 15.0. The minimum atomic E-state index is 0.0592. The Morgan fingerprint density at radius 3 is 2.35 bits per heavy atom. The second-order valence-corrected chi connectivity index (χ2v) is 5.46. The smallest absolute Gasteiger partial charge is 0.126 e. The second kappa shape index (κ2) is 7.68. The number of aliphatic hydroxyl groups is 1. The number of hydrogen-bond donors (Lipinski definition) is 2. The van der Waals surface area contributed by atoms with Crippen LogP contribution >= 0.6 is 0 Å². The highest BCUT2D eigenvalue weighted by Gasteiger charge is 2.36. The quantitative estimate of drug-likeness (QED) is 0.651. The molecule has 0 amide bonds. The molecule has 2 aliphatic rings. The number of hydrogen-bond acceptors (Lipinski definition) is 4. The molecule has 0 spiro atoms. The maximum absolute atomic E-state index is 9.89. The number of aldehydes is 1. The van der Waals surface area contributed by atoms with E-state index in [1.165, 1.54) is 19.3 Å². The van der Waals surface area contributed by atoms with Crippen LogP contribution in [0.3, 0.4) is 0 Å². The molecule has 1 heterocycles. The largest absolute Gasteiger partial charge is 0.508 e. The van der Waals surface area contributed by atoms with Crippen molar-refractivity contribution >= 4 is 17.9 Å². The summed E-state index contributed by atoms with van der Waals surface area (Å²) in [6.07, 6.45) is 9.38. The summed E-state index contributed by atoms with van der Waals surface area (Å²) in [4.78, 5) is 13.9. The van der Waals surface area contributed by atoms with Crippen molar-refractivity contribution in [3.05, 3.63) is 30.5 Å². The summed E-state index contributed by atoms with van der Waals surface area (Å²) >= 11 is 0. The van der Waals surface area contributed by atoms with Crippen LogP contribution in [-0.2, 0) is 4.79 Å². The SMILES string of the molecule is C1CC1.C=C(O)c1ccnc(NC)c1.CC1(C=O)CC1. The van der Waals surface area contributed by atoms with Gasteiger partial charge in [0, 0.05) is 24.2 Å². The highest BCUT2D eigenvalue weighted by Crippen LogP contribution is 2.42. The zero-order valence-electron chi connectivity index (χ0n) is 12.4. The summed E-state index contributed by atoms with van der Waals surface area (Å²) in [6.45, 7) is 5.39. The molecule has 0 unspecified atom stereocenters. The number of anilines is 1. The molecule has 0 atom stereocenters. The average Bonchev–Trinajstić information content (AvgIpc) is 3.35. The molecular formula is C16H24N2O2. The molecular weight excluding hydrogens is 252 g/mol. The van der Waals surface area contributed by atoms with Gasteiger partial charge in [-0.1, -0.05) is 32.8 Å². The predicted octanol–water partition coefficient (Wildman–Crippen LogP) is 3.81. The van der Waals surface area contributed by atoms with E-state index in [1.807, 2.05) is 6.92 Å². The van der Waals surface area contributed by atoms with E-state index < -0.39 is 0 Å². The van der Waals surface area contributed by atoms with E-state index in [0.717, 1.165) is 24.9 Å². The van der Waals surface area contributed by atoms with Gasteiger partial charge in [-0.3, -0.25) is 0 Å². The first-order valence-electron chi connectivity index (χ1n) is 6.99. The number of aliphatic hydroxyl groups excluding tert-OH is 1. The highest BCUT2D eigenvalue weighted by molar-refractivity contribution is 5.62. The minimum absolute atomic E-state index is 0.0592. The van der Waals surface area contributed by atoms with Crippen LogP contribution in [0, 0.1) is 5.41 Å². The van der Waals surface area contributed by atoms with Crippen molar-refractivity contribution < 1.29 is 9.90 Å². The summed E-state index contributed by atoms with van der Waals surface area (Å²) in [5, 5.41) is 11.9. The molecule has 0 aliphatic heterocycles. The molecule has 0 bridgehead atoms. The number of aromatic nitrogens is 1. The van der Waals surface area contributed by atoms with E-state index in [-0.39, 0.29) is 11.2 Å². The van der Waals surface area contributed by atoms with Crippen LogP contribution in [0.15, 0.2) is 24.9 Å². The Morgan fingerprint density at radius 2 is 2.05 bits per heavy atom. The standard InChI is InChI=1S/C8H10N2O.C5H8O.C3H6/c1-6(11)7-3-4-10-8(5-7)9-2;1-5(4-6)2-3-5;1-2-3-1/h3-5,11H,1H2,2H3,(H,9,10);4H,2-3H2,1H3;1-3H2. The summed E-state index contributed by atoms with van der Waals surface area (Å²) in [5.41, 5.74) is 0.796. The lowest BCUT2D eigenvalue weighted by Gasteiger charge is -2.00. The van der Waals surface area contributed by atoms with Crippen molar-refractivity contribution in [2.45, 2.75) is 39.0 Å².